The summed E-state index contributed by atoms with van der Waals surface area (Å²) in [7, 11) is 0. The van der Waals surface area contributed by atoms with Crippen LogP contribution in [0.3, 0.4) is 0 Å². The molecule has 0 N–H and O–H groups in total. The summed E-state index contributed by atoms with van der Waals surface area (Å²) >= 11 is 2.38. The van der Waals surface area contributed by atoms with Gasteiger partial charge in [0.05, 0.1) is 0 Å². The molecule has 0 atom stereocenters. The molecule has 0 aliphatic carbocycles. The van der Waals surface area contributed by atoms with Crippen LogP contribution in [0.15, 0.2) is 24.3 Å². The molecule has 2 rings (SSSR count). The molecule has 0 amide bonds. The van der Waals surface area contributed by atoms with Crippen molar-refractivity contribution < 1.29 is 0 Å². The van der Waals surface area contributed by atoms with Crippen LogP contribution in [0.5, 0.6) is 0 Å². The Labute approximate surface area is 77.6 Å². The van der Waals surface area contributed by atoms with Crippen molar-refractivity contribution in [3.05, 3.63) is 35.4 Å². The van der Waals surface area contributed by atoms with E-state index in [1.54, 1.807) is 11.1 Å². The van der Waals surface area contributed by atoms with E-state index in [1.165, 1.54) is 8.94 Å². The molecule has 11 heavy (non-hydrogen) atoms. The Morgan fingerprint density at radius 2 is 1.64 bits per heavy atom. The molecule has 1 aromatic rings. The van der Waals surface area contributed by atoms with Gasteiger partial charge in [0.2, 0.25) is 0 Å². The average molecular weight is 327 g/mol. The zero-order valence-electron chi connectivity index (χ0n) is 6.51. The molecule has 1 aliphatic heterocycles. The van der Waals surface area contributed by atoms with Crippen molar-refractivity contribution in [3.63, 3.8) is 0 Å². The van der Waals surface area contributed by atoms with Crippen molar-refractivity contribution in [2.75, 3.05) is 0 Å². The minimum atomic E-state index is -1.53. The number of halogens is 1. The summed E-state index contributed by atoms with van der Waals surface area (Å²) in [5.41, 5.74) is 3.18. The second-order valence-electron chi connectivity index (χ2n) is 3.21. The van der Waals surface area contributed by atoms with Gasteiger partial charge in [0.15, 0.2) is 0 Å². The maximum atomic E-state index is 3.91. The first-order valence-electron chi connectivity index (χ1n) is 3.67. The predicted molar refractivity (Wildman–Crippen MR) is 54.4 cm³/mol. The molecule has 0 saturated heterocycles. The molecule has 0 bridgehead atoms. The molecule has 2 heteroatoms. The van der Waals surface area contributed by atoms with Gasteiger partial charge >= 0.3 is 78.0 Å². The fourth-order valence-corrected chi connectivity index (χ4v) is 10.4. The topological polar surface area (TPSA) is 0 Å². The third-order valence-corrected chi connectivity index (χ3v) is 10.3. The van der Waals surface area contributed by atoms with Crippen molar-refractivity contribution in [2.45, 2.75) is 13.9 Å². The molecule has 0 spiro atoms. The zero-order valence-corrected chi connectivity index (χ0v) is 10.4. The molecule has 0 saturated carbocycles. The van der Waals surface area contributed by atoms with Crippen LogP contribution in [0.25, 0.3) is 0 Å². The van der Waals surface area contributed by atoms with Gasteiger partial charge in [-0.1, -0.05) is 0 Å². The Balaban J connectivity index is 2.41. The van der Waals surface area contributed by atoms with Crippen molar-refractivity contribution in [1.82, 2.24) is 0 Å². The van der Waals surface area contributed by atoms with E-state index in [1.807, 2.05) is 0 Å². The first-order valence-corrected chi connectivity index (χ1v) is 14.5. The van der Waals surface area contributed by atoms with Gasteiger partial charge in [-0.3, -0.25) is 0 Å². The van der Waals surface area contributed by atoms with Gasteiger partial charge in [0.1, 0.15) is 0 Å². The van der Waals surface area contributed by atoms with Crippen molar-refractivity contribution in [2.24, 2.45) is 0 Å². The van der Waals surface area contributed by atoms with Crippen LogP contribution in [0.2, 0.25) is 4.97 Å². The number of rotatable bonds is 0. The van der Waals surface area contributed by atoms with Gasteiger partial charge in [-0.15, -0.1) is 0 Å². The fraction of sp³-hybridized carbons (Fsp3) is 0.333. The first kappa shape index (κ1) is 8.10. The van der Waals surface area contributed by atoms with E-state index in [0.29, 0.717) is 0 Å². The Kier molecular flexibility index (Phi) is 2.04. The molecule has 60 valence electrons. The van der Waals surface area contributed by atoms with Crippen LogP contribution in [-0.2, 0) is 8.94 Å². The first-order chi connectivity index (χ1) is 5.17. The van der Waals surface area contributed by atoms with Crippen LogP contribution in [0.4, 0.5) is 0 Å². The summed E-state index contributed by atoms with van der Waals surface area (Å²) in [6.45, 7) is 0. The molecule has 0 aromatic heterocycles. The summed E-state index contributed by atoms with van der Waals surface area (Å²) < 4.78 is 2.72. The Morgan fingerprint density at radius 1 is 1.18 bits per heavy atom. The van der Waals surface area contributed by atoms with E-state index >= 15 is 0 Å². The summed E-state index contributed by atoms with van der Waals surface area (Å²) in [5.74, 6) is 0. The van der Waals surface area contributed by atoms with Crippen molar-refractivity contribution >= 4 is 28.7 Å². The quantitative estimate of drug-likeness (QED) is 0.643. The molecule has 1 aromatic carbocycles. The third-order valence-electron chi connectivity index (χ3n) is 2.03. The average Bonchev–Trinajstić information content (AvgIpc) is 2.21. The van der Waals surface area contributed by atoms with Gasteiger partial charge in [0, 0.05) is 0 Å². The standard InChI is InChI=1S/C9H11BrTe/c1-11(10)6-8-4-2-3-5-9(8)7-11/h2-5H,6-7H2,1H3. The van der Waals surface area contributed by atoms with Crippen molar-refractivity contribution in [3.8, 4) is 0 Å². The van der Waals surface area contributed by atoms with Crippen LogP contribution < -0.4 is 0 Å². The van der Waals surface area contributed by atoms with E-state index < -0.39 is 16.0 Å². The number of hydrogen-bond acceptors (Lipinski definition) is 0. The molecular weight excluding hydrogens is 316 g/mol. The molecule has 0 nitrogen and oxygen atoms in total. The normalized spacial score (nSPS) is 22.7. The van der Waals surface area contributed by atoms with Crippen LogP contribution in [0, 0.1) is 0 Å². The van der Waals surface area contributed by atoms with Gasteiger partial charge < -0.3 is 0 Å². The maximum absolute atomic E-state index is 3.91. The van der Waals surface area contributed by atoms with E-state index in [0.717, 1.165) is 0 Å². The van der Waals surface area contributed by atoms with Gasteiger partial charge in [0.25, 0.3) is 0 Å². The number of hydrogen-bond donors (Lipinski definition) is 0. The molecule has 1 aliphatic rings. The SMILES string of the molecule is C[Te]1(Br)Cc2ccccc2C1. The van der Waals surface area contributed by atoms with Crippen LogP contribution >= 0.6 is 12.8 Å². The number of benzene rings is 1. The van der Waals surface area contributed by atoms with E-state index in [2.05, 4.69) is 42.0 Å². The monoisotopic (exact) mass is 328 g/mol. The molecule has 1 heterocycles. The Bertz CT molecular complexity index is 254. The molecule has 0 unspecified atom stereocenters. The summed E-state index contributed by atoms with van der Waals surface area (Å²) in [4.78, 5) is 2.45. The minimum absolute atomic E-state index is 1.36. The molecule has 0 fully saturated rings. The van der Waals surface area contributed by atoms with Crippen LogP contribution in [0.1, 0.15) is 11.1 Å². The number of fused-ring (bicyclic) bond motifs is 1. The summed E-state index contributed by atoms with van der Waals surface area (Å²) in [6, 6.07) is 8.84. The molecular formula is C9H11BrTe. The van der Waals surface area contributed by atoms with E-state index in [-0.39, 0.29) is 0 Å². The van der Waals surface area contributed by atoms with Crippen LogP contribution in [-0.4, -0.2) is 16.0 Å². The Hall–Kier alpha value is 0.490. The van der Waals surface area contributed by atoms with Gasteiger partial charge in [-0.25, -0.2) is 0 Å². The second kappa shape index (κ2) is 2.76. The second-order valence-corrected chi connectivity index (χ2v) is 21.9. The predicted octanol–water partition coefficient (Wildman–Crippen LogP) is 2.83. The van der Waals surface area contributed by atoms with E-state index in [4.69, 9.17) is 0 Å². The zero-order chi connectivity index (χ0) is 7.90. The Morgan fingerprint density at radius 3 is 2.09 bits per heavy atom. The van der Waals surface area contributed by atoms with Crippen molar-refractivity contribution in [1.29, 1.82) is 0 Å². The van der Waals surface area contributed by atoms with E-state index in [9.17, 15) is 0 Å². The van der Waals surface area contributed by atoms with Gasteiger partial charge in [-0.05, 0) is 0 Å². The summed E-state index contributed by atoms with van der Waals surface area (Å²) in [5, 5.41) is 0. The summed E-state index contributed by atoms with van der Waals surface area (Å²) in [6.07, 6.45) is 0. The molecule has 0 radical (unpaired) electrons. The fourth-order valence-electron chi connectivity index (χ4n) is 1.54. The third kappa shape index (κ3) is 1.64. The van der Waals surface area contributed by atoms with Gasteiger partial charge in [-0.2, -0.15) is 0 Å².